The van der Waals surface area contributed by atoms with Crippen molar-refractivity contribution in [1.29, 1.82) is 0 Å². The molecule has 0 aliphatic heterocycles. The Morgan fingerprint density at radius 1 is 1.24 bits per heavy atom. The number of methoxy groups -OCH3 is 1. The van der Waals surface area contributed by atoms with Gasteiger partial charge in [0.05, 0.1) is 30.7 Å². The topological polar surface area (TPSA) is 59.9 Å². The minimum Gasteiger partial charge on any atom is -0.480 e. The molecule has 2 rings (SSSR count). The lowest BCUT2D eigenvalue weighted by atomic mass is 10.2. The summed E-state index contributed by atoms with van der Waals surface area (Å²) in [6, 6.07) is 3.81. The first kappa shape index (κ1) is 11.3. The summed E-state index contributed by atoms with van der Waals surface area (Å²) >= 11 is 0. The summed E-state index contributed by atoms with van der Waals surface area (Å²) in [6.45, 7) is 2.01. The Balaban J connectivity index is 2.16. The van der Waals surface area contributed by atoms with Gasteiger partial charge >= 0.3 is 0 Å². The average molecular weight is 230 g/mol. The third kappa shape index (κ3) is 2.69. The number of anilines is 1. The Bertz CT molecular complexity index is 475. The van der Waals surface area contributed by atoms with Crippen LogP contribution in [0.3, 0.4) is 0 Å². The van der Waals surface area contributed by atoms with Crippen molar-refractivity contribution in [2.45, 2.75) is 13.0 Å². The molecule has 0 saturated carbocycles. The van der Waals surface area contributed by atoms with E-state index in [2.05, 4.69) is 20.3 Å². The number of hydrogen-bond donors (Lipinski definition) is 1. The Labute approximate surface area is 99.9 Å². The van der Waals surface area contributed by atoms with Gasteiger partial charge in [-0.15, -0.1) is 0 Å². The van der Waals surface area contributed by atoms with Crippen LogP contribution in [0.4, 0.5) is 5.69 Å². The number of nitrogens with zero attached hydrogens (tertiary/aromatic N) is 3. The molecule has 0 aliphatic rings. The number of ether oxygens (including phenoxy) is 1. The molecule has 0 saturated heterocycles. The highest BCUT2D eigenvalue weighted by Gasteiger charge is 2.10. The zero-order valence-corrected chi connectivity index (χ0v) is 9.79. The van der Waals surface area contributed by atoms with Crippen LogP contribution in [0.1, 0.15) is 18.7 Å². The van der Waals surface area contributed by atoms with Crippen molar-refractivity contribution in [3.05, 3.63) is 42.6 Å². The number of hydrogen-bond acceptors (Lipinski definition) is 5. The van der Waals surface area contributed by atoms with Crippen molar-refractivity contribution < 1.29 is 4.74 Å². The number of nitrogens with one attached hydrogen (secondary N) is 1. The normalized spacial score (nSPS) is 11.9. The van der Waals surface area contributed by atoms with E-state index in [-0.39, 0.29) is 6.04 Å². The van der Waals surface area contributed by atoms with Gasteiger partial charge < -0.3 is 10.1 Å². The van der Waals surface area contributed by atoms with E-state index in [4.69, 9.17) is 4.74 Å². The lowest BCUT2D eigenvalue weighted by Gasteiger charge is -2.15. The van der Waals surface area contributed by atoms with Crippen LogP contribution in [0.5, 0.6) is 5.88 Å². The zero-order chi connectivity index (χ0) is 12.1. The van der Waals surface area contributed by atoms with Crippen molar-refractivity contribution in [1.82, 2.24) is 15.0 Å². The molecule has 2 aromatic rings. The molecule has 0 amide bonds. The first-order chi connectivity index (χ1) is 8.31. The van der Waals surface area contributed by atoms with Crippen molar-refractivity contribution in [2.24, 2.45) is 0 Å². The molecule has 0 bridgehead atoms. The predicted molar refractivity (Wildman–Crippen MR) is 64.9 cm³/mol. The SMILES string of the molecule is COc1ncccc1NC(C)c1cnccn1. The molecule has 1 atom stereocenters. The van der Waals surface area contributed by atoms with Gasteiger partial charge in [0.15, 0.2) is 0 Å². The molecule has 0 aliphatic carbocycles. The van der Waals surface area contributed by atoms with E-state index < -0.39 is 0 Å². The van der Waals surface area contributed by atoms with E-state index >= 15 is 0 Å². The van der Waals surface area contributed by atoms with Crippen LogP contribution in [-0.4, -0.2) is 22.1 Å². The van der Waals surface area contributed by atoms with Crippen LogP contribution in [0, 0.1) is 0 Å². The largest absolute Gasteiger partial charge is 0.480 e. The van der Waals surface area contributed by atoms with Crippen LogP contribution in [-0.2, 0) is 0 Å². The van der Waals surface area contributed by atoms with Crippen LogP contribution in [0.25, 0.3) is 0 Å². The number of aromatic nitrogens is 3. The van der Waals surface area contributed by atoms with Gasteiger partial charge in [-0.25, -0.2) is 4.98 Å². The van der Waals surface area contributed by atoms with Gasteiger partial charge in [0.25, 0.3) is 0 Å². The van der Waals surface area contributed by atoms with Gasteiger partial charge in [0.1, 0.15) is 0 Å². The maximum Gasteiger partial charge on any atom is 0.237 e. The van der Waals surface area contributed by atoms with Crippen molar-refractivity contribution in [3.8, 4) is 5.88 Å². The molecular weight excluding hydrogens is 216 g/mol. The summed E-state index contributed by atoms with van der Waals surface area (Å²) in [7, 11) is 1.60. The minimum atomic E-state index is 0.0433. The van der Waals surface area contributed by atoms with Crippen LogP contribution in [0.15, 0.2) is 36.9 Å². The maximum absolute atomic E-state index is 5.17. The molecule has 0 radical (unpaired) electrons. The average Bonchev–Trinajstić information content (AvgIpc) is 2.40. The smallest absolute Gasteiger partial charge is 0.237 e. The quantitative estimate of drug-likeness (QED) is 0.871. The molecule has 0 fully saturated rings. The van der Waals surface area contributed by atoms with E-state index in [1.807, 2.05) is 19.1 Å². The monoisotopic (exact) mass is 230 g/mol. The number of rotatable bonds is 4. The zero-order valence-electron chi connectivity index (χ0n) is 9.79. The number of pyridine rings is 1. The summed E-state index contributed by atoms with van der Waals surface area (Å²) in [6.07, 6.45) is 6.76. The predicted octanol–water partition coefficient (Wildman–Crippen LogP) is 2.05. The van der Waals surface area contributed by atoms with E-state index in [1.54, 1.807) is 31.9 Å². The fourth-order valence-electron chi connectivity index (χ4n) is 1.50. The van der Waals surface area contributed by atoms with Crippen molar-refractivity contribution >= 4 is 5.69 Å². The van der Waals surface area contributed by atoms with E-state index in [0.29, 0.717) is 5.88 Å². The summed E-state index contributed by atoms with van der Waals surface area (Å²) < 4.78 is 5.17. The van der Waals surface area contributed by atoms with Crippen LogP contribution in [0.2, 0.25) is 0 Å². The van der Waals surface area contributed by atoms with Gasteiger partial charge in [-0.2, -0.15) is 0 Å². The standard InChI is InChI=1S/C12H14N4O/c1-9(11-8-13-6-7-14-11)16-10-4-3-5-15-12(10)17-2/h3-9,16H,1-2H3. The molecule has 2 aromatic heterocycles. The second-order valence-corrected chi connectivity index (χ2v) is 3.56. The van der Waals surface area contributed by atoms with Crippen molar-refractivity contribution in [2.75, 3.05) is 12.4 Å². The Morgan fingerprint density at radius 3 is 2.82 bits per heavy atom. The summed E-state index contributed by atoms with van der Waals surface area (Å²) in [5.41, 5.74) is 1.71. The first-order valence-corrected chi connectivity index (χ1v) is 5.32. The molecule has 1 unspecified atom stereocenters. The molecule has 5 nitrogen and oxygen atoms in total. The molecule has 17 heavy (non-hydrogen) atoms. The van der Waals surface area contributed by atoms with Gasteiger partial charge in [-0.05, 0) is 19.1 Å². The third-order valence-corrected chi connectivity index (χ3v) is 2.36. The molecule has 0 aromatic carbocycles. The molecule has 2 heterocycles. The van der Waals surface area contributed by atoms with Gasteiger partial charge in [-0.3, -0.25) is 9.97 Å². The summed E-state index contributed by atoms with van der Waals surface area (Å²) in [4.78, 5) is 12.4. The maximum atomic E-state index is 5.17. The molecule has 88 valence electrons. The lowest BCUT2D eigenvalue weighted by Crippen LogP contribution is -2.09. The van der Waals surface area contributed by atoms with Gasteiger partial charge in [0, 0.05) is 18.6 Å². The lowest BCUT2D eigenvalue weighted by molar-refractivity contribution is 0.399. The molecule has 1 N–H and O–H groups in total. The second-order valence-electron chi connectivity index (χ2n) is 3.56. The van der Waals surface area contributed by atoms with Crippen LogP contribution >= 0.6 is 0 Å². The third-order valence-electron chi connectivity index (χ3n) is 2.36. The van der Waals surface area contributed by atoms with E-state index in [9.17, 15) is 0 Å². The van der Waals surface area contributed by atoms with E-state index in [0.717, 1.165) is 11.4 Å². The molecular formula is C12H14N4O. The fourth-order valence-corrected chi connectivity index (χ4v) is 1.50. The van der Waals surface area contributed by atoms with Gasteiger partial charge in [-0.1, -0.05) is 0 Å². The summed E-state index contributed by atoms with van der Waals surface area (Å²) in [5, 5.41) is 3.29. The Hall–Kier alpha value is -2.17. The van der Waals surface area contributed by atoms with Gasteiger partial charge in [0.2, 0.25) is 5.88 Å². The second kappa shape index (κ2) is 5.25. The highest BCUT2D eigenvalue weighted by molar-refractivity contribution is 5.53. The van der Waals surface area contributed by atoms with Crippen LogP contribution < -0.4 is 10.1 Å². The highest BCUT2D eigenvalue weighted by Crippen LogP contribution is 2.24. The Kier molecular flexibility index (Phi) is 3.49. The highest BCUT2D eigenvalue weighted by atomic mass is 16.5. The molecule has 5 heteroatoms. The summed E-state index contributed by atoms with van der Waals surface area (Å²) in [5.74, 6) is 0.572. The first-order valence-electron chi connectivity index (χ1n) is 5.32. The minimum absolute atomic E-state index is 0.0433. The fraction of sp³-hybridized carbons (Fsp3) is 0.250. The Morgan fingerprint density at radius 2 is 2.12 bits per heavy atom. The molecule has 0 spiro atoms. The van der Waals surface area contributed by atoms with Crippen molar-refractivity contribution in [3.63, 3.8) is 0 Å². The van der Waals surface area contributed by atoms with E-state index in [1.165, 1.54) is 0 Å².